The van der Waals surface area contributed by atoms with Gasteiger partial charge in [-0.15, -0.1) is 0 Å². The van der Waals surface area contributed by atoms with Gasteiger partial charge >= 0.3 is 0 Å². The van der Waals surface area contributed by atoms with E-state index in [-0.39, 0.29) is 12.0 Å². The SMILES string of the molecule is CCCNC1COCC1C(=O)N1C(C)CCCC1C. The summed E-state index contributed by atoms with van der Waals surface area (Å²) in [6.07, 6.45) is 4.60. The van der Waals surface area contributed by atoms with Gasteiger partial charge in [0.1, 0.15) is 0 Å². The smallest absolute Gasteiger partial charge is 0.230 e. The number of nitrogens with zero attached hydrogens (tertiary/aromatic N) is 1. The first kappa shape index (κ1) is 14.8. The van der Waals surface area contributed by atoms with E-state index in [4.69, 9.17) is 4.74 Å². The zero-order valence-electron chi connectivity index (χ0n) is 12.5. The van der Waals surface area contributed by atoms with Gasteiger partial charge in [0.15, 0.2) is 0 Å². The lowest BCUT2D eigenvalue weighted by Crippen LogP contribution is -2.53. The summed E-state index contributed by atoms with van der Waals surface area (Å²) in [6, 6.07) is 0.959. The van der Waals surface area contributed by atoms with Crippen molar-refractivity contribution in [3.63, 3.8) is 0 Å². The van der Waals surface area contributed by atoms with Crippen LogP contribution in [-0.2, 0) is 9.53 Å². The van der Waals surface area contributed by atoms with Crippen LogP contribution < -0.4 is 5.32 Å². The molecule has 0 aliphatic carbocycles. The van der Waals surface area contributed by atoms with Crippen LogP contribution >= 0.6 is 0 Å². The molecule has 0 aromatic carbocycles. The number of likely N-dealkylation sites (tertiary alicyclic amines) is 1. The molecule has 2 heterocycles. The lowest BCUT2D eigenvalue weighted by atomic mass is 9.93. The Bertz CT molecular complexity index is 299. The van der Waals surface area contributed by atoms with Crippen molar-refractivity contribution in [2.45, 2.75) is 64.6 Å². The minimum Gasteiger partial charge on any atom is -0.379 e. The van der Waals surface area contributed by atoms with Crippen LogP contribution in [0.15, 0.2) is 0 Å². The Labute approximate surface area is 116 Å². The fourth-order valence-electron chi connectivity index (χ4n) is 3.38. The topological polar surface area (TPSA) is 41.6 Å². The maximum Gasteiger partial charge on any atom is 0.230 e. The minimum atomic E-state index is 0.00884. The summed E-state index contributed by atoms with van der Waals surface area (Å²) in [7, 11) is 0. The van der Waals surface area contributed by atoms with Gasteiger partial charge in [-0.25, -0.2) is 0 Å². The molecule has 2 aliphatic heterocycles. The molecule has 0 radical (unpaired) electrons. The Morgan fingerprint density at radius 3 is 2.58 bits per heavy atom. The zero-order chi connectivity index (χ0) is 13.8. The van der Waals surface area contributed by atoms with Crippen LogP contribution in [0, 0.1) is 5.92 Å². The Balaban J connectivity index is 2.00. The molecule has 1 amide bonds. The third kappa shape index (κ3) is 3.29. The van der Waals surface area contributed by atoms with Crippen LogP contribution in [0.25, 0.3) is 0 Å². The van der Waals surface area contributed by atoms with Crippen molar-refractivity contribution >= 4 is 5.91 Å². The highest BCUT2D eigenvalue weighted by Gasteiger charge is 2.39. The number of rotatable bonds is 4. The van der Waals surface area contributed by atoms with Gasteiger partial charge in [-0.05, 0) is 46.1 Å². The van der Waals surface area contributed by atoms with E-state index in [2.05, 4.69) is 31.0 Å². The molecule has 2 saturated heterocycles. The first-order valence-electron chi connectivity index (χ1n) is 7.78. The van der Waals surface area contributed by atoms with Gasteiger partial charge in [0, 0.05) is 18.1 Å². The van der Waals surface area contributed by atoms with Crippen LogP contribution in [0.3, 0.4) is 0 Å². The van der Waals surface area contributed by atoms with Gasteiger partial charge in [-0.1, -0.05) is 6.92 Å². The second-order valence-electron chi connectivity index (χ2n) is 6.08. The normalized spacial score (nSPS) is 35.6. The molecule has 4 nitrogen and oxygen atoms in total. The predicted molar refractivity (Wildman–Crippen MR) is 76.0 cm³/mol. The summed E-state index contributed by atoms with van der Waals surface area (Å²) in [6.45, 7) is 8.72. The van der Waals surface area contributed by atoms with Crippen LogP contribution in [0.1, 0.15) is 46.5 Å². The van der Waals surface area contributed by atoms with Gasteiger partial charge in [-0.3, -0.25) is 4.79 Å². The van der Waals surface area contributed by atoms with Crippen LogP contribution in [0.2, 0.25) is 0 Å². The number of nitrogens with one attached hydrogen (secondary N) is 1. The number of amides is 1. The first-order chi connectivity index (χ1) is 9.15. The highest BCUT2D eigenvalue weighted by atomic mass is 16.5. The van der Waals surface area contributed by atoms with E-state index in [0.29, 0.717) is 31.2 Å². The standard InChI is InChI=1S/C15H28N2O2/c1-4-8-16-14-10-19-9-13(14)15(18)17-11(2)6-5-7-12(17)3/h11-14,16H,4-10H2,1-3H3. The molecule has 4 unspecified atom stereocenters. The summed E-state index contributed by atoms with van der Waals surface area (Å²) in [4.78, 5) is 14.9. The van der Waals surface area contributed by atoms with E-state index in [1.54, 1.807) is 0 Å². The molecule has 110 valence electrons. The molecule has 19 heavy (non-hydrogen) atoms. The Kier molecular flexibility index (Phi) is 5.22. The second kappa shape index (κ2) is 6.71. The Hall–Kier alpha value is -0.610. The molecule has 4 atom stereocenters. The maximum atomic E-state index is 12.8. The monoisotopic (exact) mass is 268 g/mol. The number of carbonyl (C=O) groups excluding carboxylic acids is 1. The van der Waals surface area contributed by atoms with E-state index < -0.39 is 0 Å². The highest BCUT2D eigenvalue weighted by Crippen LogP contribution is 2.27. The van der Waals surface area contributed by atoms with Crippen molar-refractivity contribution in [3.05, 3.63) is 0 Å². The fourth-order valence-corrected chi connectivity index (χ4v) is 3.38. The molecule has 2 aliphatic rings. The lowest BCUT2D eigenvalue weighted by Gasteiger charge is -2.41. The summed E-state index contributed by atoms with van der Waals surface area (Å²) < 4.78 is 5.54. The average molecular weight is 268 g/mol. The third-order valence-corrected chi connectivity index (χ3v) is 4.50. The van der Waals surface area contributed by atoms with Gasteiger partial charge in [-0.2, -0.15) is 0 Å². The Morgan fingerprint density at radius 2 is 1.95 bits per heavy atom. The molecule has 0 saturated carbocycles. The van der Waals surface area contributed by atoms with Crippen molar-refractivity contribution in [2.75, 3.05) is 19.8 Å². The molecular formula is C15H28N2O2. The molecule has 0 aromatic heterocycles. The van der Waals surface area contributed by atoms with Gasteiger partial charge in [0.05, 0.1) is 19.1 Å². The van der Waals surface area contributed by atoms with Crippen molar-refractivity contribution in [3.8, 4) is 0 Å². The largest absolute Gasteiger partial charge is 0.379 e. The van der Waals surface area contributed by atoms with Crippen LogP contribution in [0.4, 0.5) is 0 Å². The van der Waals surface area contributed by atoms with E-state index in [1.165, 1.54) is 6.42 Å². The molecule has 0 spiro atoms. The second-order valence-corrected chi connectivity index (χ2v) is 6.08. The number of hydrogen-bond donors (Lipinski definition) is 1. The third-order valence-electron chi connectivity index (χ3n) is 4.50. The quantitative estimate of drug-likeness (QED) is 0.845. The van der Waals surface area contributed by atoms with Crippen molar-refractivity contribution in [1.82, 2.24) is 10.2 Å². The van der Waals surface area contributed by atoms with Crippen LogP contribution in [0.5, 0.6) is 0 Å². The van der Waals surface area contributed by atoms with Crippen molar-refractivity contribution in [2.24, 2.45) is 5.92 Å². The lowest BCUT2D eigenvalue weighted by molar-refractivity contribution is -0.142. The fraction of sp³-hybridized carbons (Fsp3) is 0.933. The molecule has 4 heteroatoms. The molecule has 0 bridgehead atoms. The van der Waals surface area contributed by atoms with E-state index >= 15 is 0 Å². The predicted octanol–water partition coefficient (Wildman–Crippen LogP) is 1.79. The molecule has 0 aromatic rings. The molecule has 2 rings (SSSR count). The number of carbonyl (C=O) groups is 1. The first-order valence-corrected chi connectivity index (χ1v) is 7.78. The maximum absolute atomic E-state index is 12.8. The van der Waals surface area contributed by atoms with Gasteiger partial charge < -0.3 is 15.0 Å². The van der Waals surface area contributed by atoms with Gasteiger partial charge in [0.2, 0.25) is 5.91 Å². The molecule has 1 N–H and O–H groups in total. The van der Waals surface area contributed by atoms with Crippen LogP contribution in [-0.4, -0.2) is 48.7 Å². The highest BCUT2D eigenvalue weighted by molar-refractivity contribution is 5.80. The van der Waals surface area contributed by atoms with Crippen molar-refractivity contribution in [1.29, 1.82) is 0 Å². The van der Waals surface area contributed by atoms with E-state index in [9.17, 15) is 4.79 Å². The molecule has 2 fully saturated rings. The Morgan fingerprint density at radius 1 is 1.26 bits per heavy atom. The summed E-state index contributed by atoms with van der Waals surface area (Å²) in [5.41, 5.74) is 0. The van der Waals surface area contributed by atoms with E-state index in [1.807, 2.05) is 0 Å². The zero-order valence-corrected chi connectivity index (χ0v) is 12.5. The van der Waals surface area contributed by atoms with Gasteiger partial charge in [0.25, 0.3) is 0 Å². The molecular weight excluding hydrogens is 240 g/mol. The minimum absolute atomic E-state index is 0.00884. The van der Waals surface area contributed by atoms with Crippen molar-refractivity contribution < 1.29 is 9.53 Å². The summed E-state index contributed by atoms with van der Waals surface area (Å²) >= 11 is 0. The number of piperidine rings is 1. The average Bonchev–Trinajstić information content (AvgIpc) is 2.84. The van der Waals surface area contributed by atoms with E-state index in [0.717, 1.165) is 25.8 Å². The number of ether oxygens (including phenoxy) is 1. The summed E-state index contributed by atoms with van der Waals surface area (Å²) in [5, 5.41) is 3.46. The summed E-state index contributed by atoms with van der Waals surface area (Å²) in [5.74, 6) is 0.306. The number of hydrogen-bond acceptors (Lipinski definition) is 3.